The number of hydrogen-bond donors (Lipinski definition) is 1. The van der Waals surface area contributed by atoms with Crippen molar-refractivity contribution in [2.24, 2.45) is 0 Å². The van der Waals surface area contributed by atoms with Gasteiger partial charge in [-0.05, 0) is 18.6 Å². The summed E-state index contributed by atoms with van der Waals surface area (Å²) in [6.45, 7) is 2.16. The molecule has 4 heteroatoms. The maximum atomic E-state index is 9.12. The van der Waals surface area contributed by atoms with Crippen LogP contribution in [0.3, 0.4) is 0 Å². The molecule has 18 heavy (non-hydrogen) atoms. The summed E-state index contributed by atoms with van der Waals surface area (Å²) < 4.78 is 0. The van der Waals surface area contributed by atoms with Crippen molar-refractivity contribution in [3.05, 3.63) is 29.1 Å². The van der Waals surface area contributed by atoms with Gasteiger partial charge >= 0.3 is 0 Å². The van der Waals surface area contributed by atoms with E-state index in [9.17, 15) is 0 Å². The van der Waals surface area contributed by atoms with E-state index >= 15 is 0 Å². The van der Waals surface area contributed by atoms with Gasteiger partial charge in [0.1, 0.15) is 23.5 Å². The summed E-state index contributed by atoms with van der Waals surface area (Å²) in [5, 5.41) is 18.1. The molecule has 0 unspecified atom stereocenters. The summed E-state index contributed by atoms with van der Waals surface area (Å²) in [4.78, 5) is 7.64. The molecule has 0 aliphatic heterocycles. The van der Waals surface area contributed by atoms with Crippen LogP contribution in [0.1, 0.15) is 43.1 Å². The highest BCUT2D eigenvalue weighted by Crippen LogP contribution is 2.20. The number of benzene rings is 1. The average molecular weight is 238 g/mol. The lowest BCUT2D eigenvalue weighted by Gasteiger charge is -1.93. The summed E-state index contributed by atoms with van der Waals surface area (Å²) in [5.41, 5.74) is 2.20. The first kappa shape index (κ1) is 12.1. The van der Waals surface area contributed by atoms with E-state index < -0.39 is 0 Å². The summed E-state index contributed by atoms with van der Waals surface area (Å²) in [6.07, 6.45) is 4.31. The molecule has 1 heterocycles. The van der Waals surface area contributed by atoms with E-state index in [1.807, 2.05) is 12.1 Å². The van der Waals surface area contributed by atoms with Crippen LogP contribution >= 0.6 is 0 Å². The minimum absolute atomic E-state index is 0.369. The Morgan fingerprint density at radius 1 is 1.22 bits per heavy atom. The van der Waals surface area contributed by atoms with Crippen LogP contribution in [0.4, 0.5) is 0 Å². The molecule has 1 aromatic carbocycles. The van der Waals surface area contributed by atoms with Crippen molar-refractivity contribution >= 4 is 11.0 Å². The lowest BCUT2D eigenvalue weighted by Crippen LogP contribution is -1.88. The number of nitrogens with one attached hydrogen (secondary N) is 1. The Hall–Kier alpha value is -2.33. The van der Waals surface area contributed by atoms with Gasteiger partial charge in [-0.15, -0.1) is 0 Å². The lowest BCUT2D eigenvalue weighted by molar-refractivity contribution is 0.700. The van der Waals surface area contributed by atoms with Crippen molar-refractivity contribution in [1.82, 2.24) is 9.97 Å². The molecule has 4 nitrogen and oxygen atoms in total. The first-order valence-corrected chi connectivity index (χ1v) is 6.12. The molecular weight excluding hydrogens is 224 g/mol. The Bertz CT molecular complexity index is 640. The smallest absolute Gasteiger partial charge is 0.108 e. The lowest BCUT2D eigenvalue weighted by atomic mass is 10.1. The Morgan fingerprint density at radius 2 is 2.06 bits per heavy atom. The molecule has 0 atom stereocenters. The number of nitriles is 2. The quantitative estimate of drug-likeness (QED) is 0.831. The van der Waals surface area contributed by atoms with Crippen molar-refractivity contribution in [1.29, 1.82) is 10.5 Å². The fraction of sp³-hybridized carbons (Fsp3) is 0.357. The van der Waals surface area contributed by atoms with Gasteiger partial charge in [0.05, 0.1) is 16.6 Å². The third-order valence-corrected chi connectivity index (χ3v) is 2.95. The number of unbranched alkanes of at least 4 members (excludes halogenated alkanes) is 2. The van der Waals surface area contributed by atoms with Gasteiger partial charge in [0.15, 0.2) is 0 Å². The molecule has 0 amide bonds. The van der Waals surface area contributed by atoms with Gasteiger partial charge in [-0.3, -0.25) is 0 Å². The molecule has 0 saturated carbocycles. The molecule has 1 aromatic heterocycles. The van der Waals surface area contributed by atoms with Gasteiger partial charge < -0.3 is 4.98 Å². The standard InChI is InChI=1S/C14H14N4/c1-2-3-4-5-13-17-12-7-6-10(8-15)11(9-16)14(12)18-13/h6-7H,2-5H2,1H3,(H,17,18). The predicted octanol–water partition coefficient (Wildman–Crippen LogP) is 3.04. The Morgan fingerprint density at radius 3 is 2.72 bits per heavy atom. The van der Waals surface area contributed by atoms with Crippen molar-refractivity contribution < 1.29 is 0 Å². The number of rotatable bonds is 4. The first-order chi connectivity index (χ1) is 8.80. The van der Waals surface area contributed by atoms with Gasteiger partial charge in [0.25, 0.3) is 0 Å². The Labute approximate surface area is 106 Å². The highest BCUT2D eigenvalue weighted by Gasteiger charge is 2.11. The maximum absolute atomic E-state index is 9.12. The predicted molar refractivity (Wildman–Crippen MR) is 68.8 cm³/mol. The summed E-state index contributed by atoms with van der Waals surface area (Å²) in [6, 6.07) is 7.56. The summed E-state index contributed by atoms with van der Waals surface area (Å²) in [5.74, 6) is 0.894. The first-order valence-electron chi connectivity index (χ1n) is 6.12. The number of imidazole rings is 1. The van der Waals surface area contributed by atoms with Gasteiger partial charge in [0.2, 0.25) is 0 Å². The molecule has 90 valence electrons. The summed E-state index contributed by atoms with van der Waals surface area (Å²) in [7, 11) is 0. The van der Waals surface area contributed by atoms with E-state index in [0.29, 0.717) is 16.6 Å². The zero-order valence-corrected chi connectivity index (χ0v) is 10.3. The number of hydrogen-bond acceptors (Lipinski definition) is 3. The molecule has 0 aliphatic carbocycles. The van der Waals surface area contributed by atoms with Crippen molar-refractivity contribution in [3.8, 4) is 12.1 Å². The Balaban J connectivity index is 2.40. The van der Waals surface area contributed by atoms with Crippen molar-refractivity contribution in [2.45, 2.75) is 32.6 Å². The average Bonchev–Trinajstić information content (AvgIpc) is 2.80. The van der Waals surface area contributed by atoms with Gasteiger partial charge in [-0.25, -0.2) is 4.98 Å². The number of aromatic nitrogens is 2. The molecule has 0 fully saturated rings. The van der Waals surface area contributed by atoms with Crippen LogP contribution < -0.4 is 0 Å². The van der Waals surface area contributed by atoms with Gasteiger partial charge in [-0.2, -0.15) is 10.5 Å². The number of nitrogens with zero attached hydrogens (tertiary/aromatic N) is 3. The highest BCUT2D eigenvalue weighted by molar-refractivity contribution is 5.84. The van der Waals surface area contributed by atoms with Crippen LogP contribution in [0.5, 0.6) is 0 Å². The van der Waals surface area contributed by atoms with Crippen molar-refractivity contribution in [2.75, 3.05) is 0 Å². The summed E-state index contributed by atoms with van der Waals surface area (Å²) >= 11 is 0. The number of fused-ring (bicyclic) bond motifs is 1. The van der Waals surface area contributed by atoms with Crippen LogP contribution in [-0.2, 0) is 6.42 Å². The zero-order chi connectivity index (χ0) is 13.0. The van der Waals surface area contributed by atoms with E-state index in [4.69, 9.17) is 10.5 Å². The van der Waals surface area contributed by atoms with Crippen LogP contribution in [-0.4, -0.2) is 9.97 Å². The van der Waals surface area contributed by atoms with Crippen LogP contribution in [0.25, 0.3) is 11.0 Å². The second-order valence-corrected chi connectivity index (χ2v) is 4.25. The molecule has 2 aromatic rings. The second-order valence-electron chi connectivity index (χ2n) is 4.25. The third kappa shape index (κ3) is 2.19. The molecule has 0 bridgehead atoms. The molecule has 1 N–H and O–H groups in total. The molecule has 0 spiro atoms. The third-order valence-electron chi connectivity index (χ3n) is 2.95. The molecule has 0 radical (unpaired) electrons. The fourth-order valence-corrected chi connectivity index (χ4v) is 1.99. The zero-order valence-electron chi connectivity index (χ0n) is 10.3. The van der Waals surface area contributed by atoms with Gasteiger partial charge in [0, 0.05) is 6.42 Å². The molecule has 0 aliphatic rings. The largest absolute Gasteiger partial charge is 0.342 e. The molecule has 0 saturated heterocycles. The Kier molecular flexibility index (Phi) is 3.60. The number of aryl methyl sites for hydroxylation is 1. The van der Waals surface area contributed by atoms with Gasteiger partial charge in [-0.1, -0.05) is 19.8 Å². The number of aromatic amines is 1. The van der Waals surface area contributed by atoms with E-state index in [2.05, 4.69) is 23.0 Å². The molecular formula is C14H14N4. The topological polar surface area (TPSA) is 76.3 Å². The van der Waals surface area contributed by atoms with E-state index in [-0.39, 0.29) is 0 Å². The molecule has 2 rings (SSSR count). The minimum Gasteiger partial charge on any atom is -0.342 e. The number of H-pyrrole nitrogens is 1. The SMILES string of the molecule is CCCCCc1nc2c(C#N)c(C#N)ccc2[nH]1. The van der Waals surface area contributed by atoms with E-state index in [0.717, 1.165) is 24.2 Å². The van der Waals surface area contributed by atoms with E-state index in [1.165, 1.54) is 12.8 Å². The minimum atomic E-state index is 0.369. The fourth-order valence-electron chi connectivity index (χ4n) is 1.99. The normalized spacial score (nSPS) is 10.2. The monoisotopic (exact) mass is 238 g/mol. The second kappa shape index (κ2) is 5.33. The highest BCUT2D eigenvalue weighted by atomic mass is 14.9. The van der Waals surface area contributed by atoms with Crippen LogP contribution in [0.15, 0.2) is 12.1 Å². The van der Waals surface area contributed by atoms with Crippen molar-refractivity contribution in [3.63, 3.8) is 0 Å². The van der Waals surface area contributed by atoms with E-state index in [1.54, 1.807) is 6.07 Å². The van der Waals surface area contributed by atoms with Crippen LogP contribution in [0, 0.1) is 22.7 Å². The van der Waals surface area contributed by atoms with Crippen LogP contribution in [0.2, 0.25) is 0 Å². The maximum Gasteiger partial charge on any atom is 0.108 e.